The van der Waals surface area contributed by atoms with Gasteiger partial charge in [0, 0.05) is 29.5 Å². The Morgan fingerprint density at radius 3 is 2.90 bits per heavy atom. The number of hydrogen-bond acceptors (Lipinski definition) is 2. The number of aromatic nitrogens is 2. The normalized spacial score (nSPS) is 14.2. The highest BCUT2D eigenvalue weighted by atomic mass is 79.9. The molecule has 3 rings (SSSR count). The van der Waals surface area contributed by atoms with Gasteiger partial charge in [-0.05, 0) is 53.9 Å². The number of hydrogen-bond donors (Lipinski definition) is 0. The van der Waals surface area contributed by atoms with Crippen molar-refractivity contribution in [2.45, 2.75) is 38.9 Å². The molecule has 2 aromatic rings. The van der Waals surface area contributed by atoms with Crippen molar-refractivity contribution < 1.29 is 4.79 Å². The average molecular weight is 348 g/mol. The predicted octanol–water partition coefficient (Wildman–Crippen LogP) is 3.47. The van der Waals surface area contributed by atoms with Crippen molar-refractivity contribution in [3.05, 3.63) is 52.5 Å². The maximum atomic E-state index is 12.9. The molecule has 0 atom stereocenters. The molecule has 0 N–H and O–H groups in total. The van der Waals surface area contributed by atoms with Crippen LogP contribution in [0.25, 0.3) is 0 Å². The van der Waals surface area contributed by atoms with Crippen molar-refractivity contribution in [3.63, 3.8) is 0 Å². The van der Waals surface area contributed by atoms with Crippen molar-refractivity contribution in [2.75, 3.05) is 0 Å². The van der Waals surface area contributed by atoms with E-state index in [4.69, 9.17) is 0 Å². The van der Waals surface area contributed by atoms with E-state index in [1.807, 2.05) is 46.9 Å². The molecule has 1 aliphatic rings. The highest BCUT2D eigenvalue weighted by molar-refractivity contribution is 9.10. The first-order chi connectivity index (χ1) is 10.2. The van der Waals surface area contributed by atoms with Crippen molar-refractivity contribution in [2.24, 2.45) is 0 Å². The molecule has 0 radical (unpaired) electrons. The molecule has 0 bridgehead atoms. The number of carbonyl (C=O) groups is 1. The molecule has 1 aliphatic carbocycles. The van der Waals surface area contributed by atoms with E-state index in [-0.39, 0.29) is 5.91 Å². The summed E-state index contributed by atoms with van der Waals surface area (Å²) < 4.78 is 2.93. The number of halogens is 1. The van der Waals surface area contributed by atoms with Crippen LogP contribution in [0, 0.1) is 0 Å². The third-order valence-corrected chi connectivity index (χ3v) is 4.16. The molecule has 1 saturated carbocycles. The van der Waals surface area contributed by atoms with Crippen molar-refractivity contribution >= 4 is 21.8 Å². The second-order valence-corrected chi connectivity index (χ2v) is 6.23. The summed E-state index contributed by atoms with van der Waals surface area (Å²) >= 11 is 3.46. The number of amides is 1. The largest absolute Gasteiger partial charge is 0.343 e. The lowest BCUT2D eigenvalue weighted by atomic mass is 10.3. The van der Waals surface area contributed by atoms with E-state index >= 15 is 0 Å². The quantitative estimate of drug-likeness (QED) is 0.830. The summed E-state index contributed by atoms with van der Waals surface area (Å²) in [4.78, 5) is 19.2. The van der Waals surface area contributed by atoms with Gasteiger partial charge in [-0.2, -0.15) is 0 Å². The van der Waals surface area contributed by atoms with Crippen molar-refractivity contribution in [1.29, 1.82) is 0 Å². The summed E-state index contributed by atoms with van der Waals surface area (Å²) in [7, 11) is 0. The molecule has 1 amide bonds. The van der Waals surface area contributed by atoms with Gasteiger partial charge in [-0.15, -0.1) is 0 Å². The average Bonchev–Trinajstić information content (AvgIpc) is 3.27. The second kappa shape index (κ2) is 6.02. The molecule has 0 aliphatic heterocycles. The number of pyridine rings is 1. The van der Waals surface area contributed by atoms with Crippen LogP contribution in [0.15, 0.2) is 41.1 Å². The van der Waals surface area contributed by atoms with Crippen LogP contribution in [0.2, 0.25) is 0 Å². The first-order valence-corrected chi connectivity index (χ1v) is 8.05. The highest BCUT2D eigenvalue weighted by Crippen LogP contribution is 2.30. The monoisotopic (exact) mass is 347 g/mol. The smallest absolute Gasteiger partial charge is 0.271 e. The number of nitrogens with zero attached hydrogens (tertiary/aromatic N) is 3. The fourth-order valence-electron chi connectivity index (χ4n) is 2.48. The maximum Gasteiger partial charge on any atom is 0.271 e. The molecule has 4 nitrogen and oxygen atoms in total. The second-order valence-electron chi connectivity index (χ2n) is 5.31. The van der Waals surface area contributed by atoms with Gasteiger partial charge in [0.1, 0.15) is 5.69 Å². The summed E-state index contributed by atoms with van der Waals surface area (Å²) in [6, 6.07) is 8.09. The van der Waals surface area contributed by atoms with Crippen LogP contribution in [-0.2, 0) is 13.1 Å². The molecule has 110 valence electrons. The maximum absolute atomic E-state index is 12.9. The highest BCUT2D eigenvalue weighted by Gasteiger charge is 2.34. The first kappa shape index (κ1) is 14.3. The summed E-state index contributed by atoms with van der Waals surface area (Å²) in [5.41, 5.74) is 1.68. The van der Waals surface area contributed by atoms with Gasteiger partial charge >= 0.3 is 0 Å². The van der Waals surface area contributed by atoms with Gasteiger partial charge in [0.05, 0.1) is 12.2 Å². The Bertz CT molecular complexity index is 634. The topological polar surface area (TPSA) is 38.1 Å². The summed E-state index contributed by atoms with van der Waals surface area (Å²) in [5.74, 6) is 0.0932. The SMILES string of the molecule is CCn1cc(Br)cc1C(=O)N(Cc1ccccn1)C1CC1. The van der Waals surface area contributed by atoms with Gasteiger partial charge in [-0.1, -0.05) is 6.07 Å². The summed E-state index contributed by atoms with van der Waals surface area (Å²) in [6.45, 7) is 3.41. The first-order valence-electron chi connectivity index (χ1n) is 7.25. The fourth-order valence-corrected chi connectivity index (χ4v) is 2.95. The van der Waals surface area contributed by atoms with E-state index < -0.39 is 0 Å². The zero-order valence-corrected chi connectivity index (χ0v) is 13.6. The van der Waals surface area contributed by atoms with E-state index in [1.165, 1.54) is 0 Å². The Hall–Kier alpha value is -1.62. The molecular weight excluding hydrogens is 330 g/mol. The van der Waals surface area contributed by atoms with Crippen LogP contribution in [-0.4, -0.2) is 26.4 Å². The molecule has 0 aromatic carbocycles. The van der Waals surface area contributed by atoms with E-state index in [0.717, 1.165) is 35.2 Å². The van der Waals surface area contributed by atoms with Crippen LogP contribution in [0.5, 0.6) is 0 Å². The lowest BCUT2D eigenvalue weighted by molar-refractivity contribution is 0.0717. The fraction of sp³-hybridized carbons (Fsp3) is 0.375. The summed E-state index contributed by atoms with van der Waals surface area (Å²) in [6.07, 6.45) is 5.91. The third-order valence-electron chi connectivity index (χ3n) is 3.73. The third kappa shape index (κ3) is 3.18. The molecule has 2 heterocycles. The number of aryl methyl sites for hydroxylation is 1. The van der Waals surface area contributed by atoms with Crippen LogP contribution >= 0.6 is 15.9 Å². The van der Waals surface area contributed by atoms with Gasteiger partial charge in [0.25, 0.3) is 5.91 Å². The van der Waals surface area contributed by atoms with Gasteiger partial charge in [0.2, 0.25) is 0 Å². The summed E-state index contributed by atoms with van der Waals surface area (Å²) in [5, 5.41) is 0. The zero-order chi connectivity index (χ0) is 14.8. The number of carbonyl (C=O) groups excluding carboxylic acids is 1. The predicted molar refractivity (Wildman–Crippen MR) is 84.9 cm³/mol. The molecule has 0 saturated heterocycles. The van der Waals surface area contributed by atoms with Crippen LogP contribution in [0.4, 0.5) is 0 Å². The lowest BCUT2D eigenvalue weighted by Crippen LogP contribution is -2.34. The molecule has 21 heavy (non-hydrogen) atoms. The minimum absolute atomic E-state index is 0.0932. The Labute approximate surface area is 132 Å². The molecule has 5 heteroatoms. The lowest BCUT2D eigenvalue weighted by Gasteiger charge is -2.22. The van der Waals surface area contributed by atoms with Crippen molar-refractivity contribution in [1.82, 2.24) is 14.5 Å². The molecule has 0 spiro atoms. The van der Waals surface area contributed by atoms with E-state index in [0.29, 0.717) is 12.6 Å². The minimum atomic E-state index is 0.0932. The molecular formula is C16H18BrN3O. The Kier molecular flexibility index (Phi) is 4.10. The zero-order valence-electron chi connectivity index (χ0n) is 12.0. The number of rotatable bonds is 5. The van der Waals surface area contributed by atoms with Crippen LogP contribution in [0.3, 0.4) is 0 Å². The Balaban J connectivity index is 1.85. The molecule has 2 aromatic heterocycles. The van der Waals surface area contributed by atoms with Crippen molar-refractivity contribution in [3.8, 4) is 0 Å². The van der Waals surface area contributed by atoms with Gasteiger partial charge < -0.3 is 9.47 Å². The van der Waals surface area contributed by atoms with Gasteiger partial charge in [0.15, 0.2) is 0 Å². The van der Waals surface area contributed by atoms with E-state index in [9.17, 15) is 4.79 Å². The van der Waals surface area contributed by atoms with E-state index in [1.54, 1.807) is 6.20 Å². The standard InChI is InChI=1S/C16H18BrN3O/c1-2-19-10-12(17)9-15(19)16(21)20(14-6-7-14)11-13-5-3-4-8-18-13/h3-5,8-10,14H,2,6-7,11H2,1H3. The van der Waals surface area contributed by atoms with Crippen LogP contribution < -0.4 is 0 Å². The van der Waals surface area contributed by atoms with E-state index in [2.05, 4.69) is 20.9 Å². The van der Waals surface area contributed by atoms with Gasteiger partial charge in [-0.3, -0.25) is 9.78 Å². The minimum Gasteiger partial charge on any atom is -0.343 e. The van der Waals surface area contributed by atoms with Gasteiger partial charge in [-0.25, -0.2) is 0 Å². The Morgan fingerprint density at radius 1 is 1.48 bits per heavy atom. The Morgan fingerprint density at radius 2 is 2.29 bits per heavy atom. The molecule has 0 unspecified atom stereocenters. The van der Waals surface area contributed by atoms with Crippen LogP contribution in [0.1, 0.15) is 35.9 Å². The molecule has 1 fully saturated rings.